The molecule has 1 saturated carbocycles. The largest absolute Gasteiger partial charge is 0.335 e. The lowest BCUT2D eigenvalue weighted by atomic mass is 10.2. The summed E-state index contributed by atoms with van der Waals surface area (Å²) in [4.78, 5) is 20.7. The van der Waals surface area contributed by atoms with Crippen molar-refractivity contribution in [2.45, 2.75) is 12.8 Å². The third-order valence-corrected chi connectivity index (χ3v) is 3.76. The van der Waals surface area contributed by atoms with Gasteiger partial charge in [0.1, 0.15) is 5.69 Å². The number of piperazine rings is 1. The van der Waals surface area contributed by atoms with E-state index in [1.165, 1.54) is 19.4 Å². The first-order valence-electron chi connectivity index (χ1n) is 6.75. The van der Waals surface area contributed by atoms with E-state index < -0.39 is 0 Å². The van der Waals surface area contributed by atoms with E-state index >= 15 is 0 Å². The molecule has 2 fully saturated rings. The fourth-order valence-corrected chi connectivity index (χ4v) is 2.45. The molecule has 4 heteroatoms. The van der Waals surface area contributed by atoms with Gasteiger partial charge in [-0.3, -0.25) is 14.7 Å². The highest BCUT2D eigenvalue weighted by Gasteiger charge is 2.28. The topological polar surface area (TPSA) is 36.4 Å². The van der Waals surface area contributed by atoms with Gasteiger partial charge in [-0.2, -0.15) is 0 Å². The smallest absolute Gasteiger partial charge is 0.272 e. The molecule has 1 aliphatic carbocycles. The van der Waals surface area contributed by atoms with Crippen molar-refractivity contribution in [3.63, 3.8) is 0 Å². The number of carbonyl (C=O) groups is 1. The van der Waals surface area contributed by atoms with E-state index in [0.29, 0.717) is 5.69 Å². The van der Waals surface area contributed by atoms with Crippen molar-refractivity contribution < 1.29 is 4.79 Å². The van der Waals surface area contributed by atoms with Gasteiger partial charge in [0.15, 0.2) is 0 Å². The van der Waals surface area contributed by atoms with Crippen molar-refractivity contribution in [2.24, 2.45) is 5.92 Å². The van der Waals surface area contributed by atoms with Gasteiger partial charge >= 0.3 is 0 Å². The lowest BCUT2D eigenvalue weighted by Gasteiger charge is -2.34. The molecule has 1 amide bonds. The Hall–Kier alpha value is -1.42. The number of amides is 1. The van der Waals surface area contributed by atoms with Crippen LogP contribution in [0, 0.1) is 5.92 Å². The number of aromatic nitrogens is 1. The molecule has 18 heavy (non-hydrogen) atoms. The summed E-state index contributed by atoms with van der Waals surface area (Å²) in [5, 5.41) is 0. The average molecular weight is 245 g/mol. The standard InChI is InChI=1S/C14H19N3O/c18-14(13-3-1-2-6-15-13)17-9-7-16(8-10-17)11-12-4-5-12/h1-3,6,12H,4-5,7-11H2. The molecule has 96 valence electrons. The first-order valence-corrected chi connectivity index (χ1v) is 6.75. The molecule has 0 bridgehead atoms. The molecular weight excluding hydrogens is 226 g/mol. The first-order chi connectivity index (χ1) is 8.83. The van der Waals surface area contributed by atoms with Crippen LogP contribution >= 0.6 is 0 Å². The van der Waals surface area contributed by atoms with E-state index in [1.807, 2.05) is 17.0 Å². The van der Waals surface area contributed by atoms with Crippen molar-refractivity contribution in [1.29, 1.82) is 0 Å². The van der Waals surface area contributed by atoms with Gasteiger partial charge in [-0.05, 0) is 30.9 Å². The van der Waals surface area contributed by atoms with Crippen molar-refractivity contribution in [2.75, 3.05) is 32.7 Å². The summed E-state index contributed by atoms with van der Waals surface area (Å²) < 4.78 is 0. The van der Waals surface area contributed by atoms with Crippen LogP contribution in [-0.2, 0) is 0 Å². The van der Waals surface area contributed by atoms with E-state index in [2.05, 4.69) is 9.88 Å². The lowest BCUT2D eigenvalue weighted by molar-refractivity contribution is 0.0626. The second-order valence-corrected chi connectivity index (χ2v) is 5.25. The van der Waals surface area contributed by atoms with E-state index in [4.69, 9.17) is 0 Å². The van der Waals surface area contributed by atoms with Crippen molar-refractivity contribution in [3.05, 3.63) is 30.1 Å². The predicted octanol–water partition coefficient (Wildman–Crippen LogP) is 1.25. The van der Waals surface area contributed by atoms with E-state index in [-0.39, 0.29) is 5.91 Å². The van der Waals surface area contributed by atoms with E-state index in [9.17, 15) is 4.79 Å². The molecule has 0 atom stereocenters. The van der Waals surface area contributed by atoms with E-state index in [0.717, 1.165) is 32.1 Å². The number of pyridine rings is 1. The highest BCUT2D eigenvalue weighted by molar-refractivity contribution is 5.92. The number of rotatable bonds is 3. The van der Waals surface area contributed by atoms with E-state index in [1.54, 1.807) is 12.3 Å². The van der Waals surface area contributed by atoms with Gasteiger partial charge in [-0.15, -0.1) is 0 Å². The monoisotopic (exact) mass is 245 g/mol. The van der Waals surface area contributed by atoms with Crippen LogP contribution in [-0.4, -0.2) is 53.4 Å². The maximum atomic E-state index is 12.2. The lowest BCUT2D eigenvalue weighted by Crippen LogP contribution is -2.49. The third kappa shape index (κ3) is 2.70. The van der Waals surface area contributed by atoms with Gasteiger partial charge < -0.3 is 4.90 Å². The number of carbonyl (C=O) groups excluding carboxylic acids is 1. The quantitative estimate of drug-likeness (QED) is 0.804. The molecule has 2 aliphatic rings. The van der Waals surface area contributed by atoms with Gasteiger partial charge in [0.05, 0.1) is 0 Å². The Morgan fingerprint density at radius 2 is 2.00 bits per heavy atom. The summed E-state index contributed by atoms with van der Waals surface area (Å²) >= 11 is 0. The minimum absolute atomic E-state index is 0.0710. The molecule has 0 spiro atoms. The minimum atomic E-state index is 0.0710. The Kier molecular flexibility index (Phi) is 3.28. The fraction of sp³-hybridized carbons (Fsp3) is 0.571. The predicted molar refractivity (Wildman–Crippen MR) is 69.3 cm³/mol. The molecule has 0 aromatic carbocycles. The Bertz CT molecular complexity index is 408. The summed E-state index contributed by atoms with van der Waals surface area (Å²) in [5.74, 6) is 1.00. The Labute approximate surface area is 108 Å². The zero-order valence-corrected chi connectivity index (χ0v) is 10.6. The molecule has 3 rings (SSSR count). The minimum Gasteiger partial charge on any atom is -0.335 e. The van der Waals surface area contributed by atoms with Crippen molar-refractivity contribution in [3.8, 4) is 0 Å². The molecule has 0 unspecified atom stereocenters. The zero-order valence-electron chi connectivity index (χ0n) is 10.6. The van der Waals surface area contributed by atoms with Crippen LogP contribution in [0.4, 0.5) is 0 Å². The van der Waals surface area contributed by atoms with Gasteiger partial charge in [-0.1, -0.05) is 6.07 Å². The summed E-state index contributed by atoms with van der Waals surface area (Å²) in [7, 11) is 0. The summed E-state index contributed by atoms with van der Waals surface area (Å²) in [6.07, 6.45) is 4.47. The summed E-state index contributed by atoms with van der Waals surface area (Å²) in [6.45, 7) is 4.92. The molecule has 0 radical (unpaired) electrons. The van der Waals surface area contributed by atoms with Crippen LogP contribution < -0.4 is 0 Å². The highest BCUT2D eigenvalue weighted by atomic mass is 16.2. The highest BCUT2D eigenvalue weighted by Crippen LogP contribution is 2.29. The van der Waals surface area contributed by atoms with Crippen molar-refractivity contribution >= 4 is 5.91 Å². The average Bonchev–Trinajstić information content (AvgIpc) is 3.24. The van der Waals surface area contributed by atoms with Crippen LogP contribution in [0.1, 0.15) is 23.3 Å². The molecular formula is C14H19N3O. The molecule has 1 saturated heterocycles. The van der Waals surface area contributed by atoms with Crippen LogP contribution in [0.2, 0.25) is 0 Å². The number of nitrogens with zero attached hydrogens (tertiary/aromatic N) is 3. The number of hydrogen-bond acceptors (Lipinski definition) is 3. The molecule has 4 nitrogen and oxygen atoms in total. The first kappa shape index (κ1) is 11.7. The normalized spacial score (nSPS) is 21.0. The fourth-order valence-electron chi connectivity index (χ4n) is 2.45. The maximum absolute atomic E-state index is 12.2. The third-order valence-electron chi connectivity index (χ3n) is 3.76. The maximum Gasteiger partial charge on any atom is 0.272 e. The van der Waals surface area contributed by atoms with Crippen LogP contribution in [0.15, 0.2) is 24.4 Å². The molecule has 2 heterocycles. The molecule has 1 aromatic rings. The van der Waals surface area contributed by atoms with Crippen LogP contribution in [0.3, 0.4) is 0 Å². The van der Waals surface area contributed by atoms with Crippen LogP contribution in [0.5, 0.6) is 0 Å². The molecule has 0 N–H and O–H groups in total. The Morgan fingerprint density at radius 1 is 1.22 bits per heavy atom. The zero-order chi connectivity index (χ0) is 12.4. The van der Waals surface area contributed by atoms with Gasteiger partial charge in [-0.25, -0.2) is 0 Å². The Balaban J connectivity index is 1.54. The molecule has 1 aromatic heterocycles. The molecule has 1 aliphatic heterocycles. The van der Waals surface area contributed by atoms with Gasteiger partial charge in [0.2, 0.25) is 0 Å². The van der Waals surface area contributed by atoms with Gasteiger partial charge in [0, 0.05) is 38.9 Å². The SMILES string of the molecule is O=C(c1ccccn1)N1CCN(CC2CC2)CC1. The summed E-state index contributed by atoms with van der Waals surface area (Å²) in [5.41, 5.74) is 0.563. The second kappa shape index (κ2) is 5.06. The van der Waals surface area contributed by atoms with Crippen molar-refractivity contribution in [1.82, 2.24) is 14.8 Å². The summed E-state index contributed by atoms with van der Waals surface area (Å²) in [6, 6.07) is 5.49. The second-order valence-electron chi connectivity index (χ2n) is 5.25. The van der Waals surface area contributed by atoms with Gasteiger partial charge in [0.25, 0.3) is 5.91 Å². The number of hydrogen-bond donors (Lipinski definition) is 0. The van der Waals surface area contributed by atoms with Crippen LogP contribution in [0.25, 0.3) is 0 Å². The Morgan fingerprint density at radius 3 is 2.61 bits per heavy atom.